The molecule has 1 aromatic heterocycles. The summed E-state index contributed by atoms with van der Waals surface area (Å²) in [6.45, 7) is -1.57. The zero-order valence-electron chi connectivity index (χ0n) is 9.25. The first kappa shape index (κ1) is 13.8. The van der Waals surface area contributed by atoms with Crippen molar-refractivity contribution in [3.05, 3.63) is 35.0 Å². The maximum atomic E-state index is 12.9. The zero-order valence-corrected chi connectivity index (χ0v) is 10.1. The number of fused-ring (bicyclic) bond motifs is 1. The highest BCUT2D eigenvalue weighted by Gasteiger charge is 2.28. The number of carbonyl (C=O) groups is 1. The Morgan fingerprint density at radius 1 is 1.32 bits per heavy atom. The zero-order chi connectivity index (χ0) is 14.0. The summed E-state index contributed by atoms with van der Waals surface area (Å²) < 4.78 is 48.9. The maximum absolute atomic E-state index is 12.9. The standard InChI is InChI=1S/C11H7F4NO2S/c12-7-2-1-6-3-9(19-8(6)4-7)10(17)16-18-5-11(13,14)15/h1-4H,5H2,(H,16,17). The lowest BCUT2D eigenvalue weighted by Gasteiger charge is -2.06. The monoisotopic (exact) mass is 293 g/mol. The number of hydroxylamine groups is 1. The normalized spacial score (nSPS) is 11.8. The molecule has 3 nitrogen and oxygen atoms in total. The number of benzene rings is 1. The Bertz CT molecular complexity index is 608. The van der Waals surface area contributed by atoms with Gasteiger partial charge < -0.3 is 0 Å². The van der Waals surface area contributed by atoms with Crippen LogP contribution in [0.5, 0.6) is 0 Å². The predicted octanol–water partition coefficient (Wildman–Crippen LogP) is 3.26. The molecule has 0 unspecified atom stereocenters. The molecule has 8 heteroatoms. The van der Waals surface area contributed by atoms with Gasteiger partial charge in [0.15, 0.2) is 6.61 Å². The van der Waals surface area contributed by atoms with E-state index in [1.165, 1.54) is 24.3 Å². The summed E-state index contributed by atoms with van der Waals surface area (Å²) in [5.74, 6) is -1.25. The summed E-state index contributed by atoms with van der Waals surface area (Å²) in [7, 11) is 0. The number of hydrogen-bond donors (Lipinski definition) is 1. The number of carbonyl (C=O) groups excluding carboxylic acids is 1. The molecule has 1 aromatic carbocycles. The molecule has 0 atom stereocenters. The van der Waals surface area contributed by atoms with E-state index in [4.69, 9.17) is 0 Å². The van der Waals surface area contributed by atoms with Gasteiger partial charge >= 0.3 is 6.18 Å². The number of nitrogens with one attached hydrogen (secondary N) is 1. The Kier molecular flexibility index (Phi) is 3.72. The van der Waals surface area contributed by atoms with Crippen molar-refractivity contribution in [2.45, 2.75) is 6.18 Å². The average Bonchev–Trinajstić information content (AvgIpc) is 2.70. The van der Waals surface area contributed by atoms with E-state index in [2.05, 4.69) is 4.84 Å². The second-order valence-electron chi connectivity index (χ2n) is 3.63. The van der Waals surface area contributed by atoms with Gasteiger partial charge in [0.2, 0.25) is 0 Å². The van der Waals surface area contributed by atoms with Gasteiger partial charge in [-0.05, 0) is 23.6 Å². The first-order valence-corrected chi connectivity index (χ1v) is 5.85. The van der Waals surface area contributed by atoms with Crippen LogP contribution in [0.4, 0.5) is 17.6 Å². The highest BCUT2D eigenvalue weighted by atomic mass is 32.1. The summed E-state index contributed by atoms with van der Waals surface area (Å²) >= 11 is 0.964. The van der Waals surface area contributed by atoms with E-state index in [-0.39, 0.29) is 4.88 Å². The van der Waals surface area contributed by atoms with Crippen LogP contribution in [0.1, 0.15) is 9.67 Å². The van der Waals surface area contributed by atoms with Crippen molar-refractivity contribution < 1.29 is 27.2 Å². The molecule has 19 heavy (non-hydrogen) atoms. The van der Waals surface area contributed by atoms with E-state index in [9.17, 15) is 22.4 Å². The molecular weight excluding hydrogens is 286 g/mol. The number of amides is 1. The molecule has 0 bridgehead atoms. The predicted molar refractivity (Wildman–Crippen MR) is 61.3 cm³/mol. The van der Waals surface area contributed by atoms with Gasteiger partial charge in [-0.2, -0.15) is 13.2 Å². The van der Waals surface area contributed by atoms with Crippen LogP contribution in [0.3, 0.4) is 0 Å². The van der Waals surface area contributed by atoms with Gasteiger partial charge in [-0.25, -0.2) is 9.87 Å². The molecule has 1 heterocycles. The van der Waals surface area contributed by atoms with Crippen LogP contribution >= 0.6 is 11.3 Å². The summed E-state index contributed by atoms with van der Waals surface area (Å²) in [5, 5.41) is 0.632. The molecule has 0 saturated heterocycles. The van der Waals surface area contributed by atoms with Crippen molar-refractivity contribution >= 4 is 27.3 Å². The quantitative estimate of drug-likeness (QED) is 0.697. The van der Waals surface area contributed by atoms with Gasteiger partial charge in [0, 0.05) is 4.70 Å². The largest absolute Gasteiger partial charge is 0.414 e. The van der Waals surface area contributed by atoms with Crippen molar-refractivity contribution in [3.8, 4) is 0 Å². The van der Waals surface area contributed by atoms with E-state index >= 15 is 0 Å². The minimum atomic E-state index is -4.52. The van der Waals surface area contributed by atoms with Crippen molar-refractivity contribution in [2.75, 3.05) is 6.61 Å². The third-order valence-electron chi connectivity index (χ3n) is 2.11. The summed E-state index contributed by atoms with van der Waals surface area (Å²) in [6.07, 6.45) is -4.52. The molecule has 0 fully saturated rings. The second-order valence-corrected chi connectivity index (χ2v) is 4.71. The first-order chi connectivity index (χ1) is 8.85. The van der Waals surface area contributed by atoms with Crippen molar-refractivity contribution in [2.24, 2.45) is 0 Å². The van der Waals surface area contributed by atoms with Gasteiger partial charge in [0.05, 0.1) is 4.88 Å². The second kappa shape index (κ2) is 5.14. The van der Waals surface area contributed by atoms with Crippen molar-refractivity contribution in [3.63, 3.8) is 0 Å². The van der Waals surface area contributed by atoms with Gasteiger partial charge in [0.1, 0.15) is 5.82 Å². The molecule has 1 N–H and O–H groups in total. The highest BCUT2D eigenvalue weighted by Crippen LogP contribution is 2.26. The summed E-state index contributed by atoms with van der Waals surface area (Å²) in [6, 6.07) is 5.41. The number of rotatable bonds is 3. The van der Waals surface area contributed by atoms with E-state index in [0.29, 0.717) is 10.1 Å². The van der Waals surface area contributed by atoms with Crippen LogP contribution in [-0.4, -0.2) is 18.7 Å². The van der Waals surface area contributed by atoms with E-state index in [0.717, 1.165) is 11.3 Å². The van der Waals surface area contributed by atoms with Crippen LogP contribution in [-0.2, 0) is 4.84 Å². The van der Waals surface area contributed by atoms with Gasteiger partial charge in [-0.15, -0.1) is 11.3 Å². The van der Waals surface area contributed by atoms with Crippen LogP contribution in [0.2, 0.25) is 0 Å². The minimum absolute atomic E-state index is 0.141. The van der Waals surface area contributed by atoms with Crippen LogP contribution in [0.25, 0.3) is 10.1 Å². The van der Waals surface area contributed by atoms with E-state index < -0.39 is 24.5 Å². The smallest absolute Gasteiger partial charge is 0.266 e. The summed E-state index contributed by atoms with van der Waals surface area (Å²) in [4.78, 5) is 15.7. The lowest BCUT2D eigenvalue weighted by molar-refractivity contribution is -0.184. The molecule has 0 saturated carbocycles. The van der Waals surface area contributed by atoms with Crippen molar-refractivity contribution in [1.82, 2.24) is 5.48 Å². The van der Waals surface area contributed by atoms with Gasteiger partial charge in [0.25, 0.3) is 5.91 Å². The maximum Gasteiger partial charge on any atom is 0.414 e. The Morgan fingerprint density at radius 3 is 2.74 bits per heavy atom. The molecule has 0 spiro atoms. The van der Waals surface area contributed by atoms with E-state index in [1.807, 2.05) is 0 Å². The van der Waals surface area contributed by atoms with Gasteiger partial charge in [-0.1, -0.05) is 6.07 Å². The van der Waals surface area contributed by atoms with Crippen LogP contribution < -0.4 is 5.48 Å². The SMILES string of the molecule is O=C(NOCC(F)(F)F)c1cc2ccc(F)cc2s1. The summed E-state index contributed by atoms with van der Waals surface area (Å²) in [5.41, 5.74) is 1.69. The molecule has 0 radical (unpaired) electrons. The topological polar surface area (TPSA) is 38.3 Å². The van der Waals surface area contributed by atoms with Crippen LogP contribution in [0, 0.1) is 5.82 Å². The Morgan fingerprint density at radius 2 is 2.05 bits per heavy atom. The fourth-order valence-corrected chi connectivity index (χ4v) is 2.32. The third kappa shape index (κ3) is 3.65. The molecule has 2 aromatic rings. The average molecular weight is 293 g/mol. The fourth-order valence-electron chi connectivity index (χ4n) is 1.35. The Labute approximate surface area is 108 Å². The highest BCUT2D eigenvalue weighted by molar-refractivity contribution is 7.20. The molecule has 2 rings (SSSR count). The fraction of sp³-hybridized carbons (Fsp3) is 0.182. The third-order valence-corrected chi connectivity index (χ3v) is 3.20. The Hall–Kier alpha value is -1.67. The molecular formula is C11H7F4NO2S. The number of hydrogen-bond acceptors (Lipinski definition) is 3. The molecule has 0 aliphatic heterocycles. The van der Waals surface area contributed by atoms with Crippen LogP contribution in [0.15, 0.2) is 24.3 Å². The van der Waals surface area contributed by atoms with Crippen molar-refractivity contribution in [1.29, 1.82) is 0 Å². The number of alkyl halides is 3. The molecule has 102 valence electrons. The number of halogens is 4. The molecule has 0 aliphatic rings. The lowest BCUT2D eigenvalue weighted by atomic mass is 10.2. The Balaban J connectivity index is 2.05. The molecule has 0 aliphatic carbocycles. The number of thiophene rings is 1. The van der Waals surface area contributed by atoms with Gasteiger partial charge in [-0.3, -0.25) is 9.63 Å². The lowest BCUT2D eigenvalue weighted by Crippen LogP contribution is -2.29. The van der Waals surface area contributed by atoms with E-state index in [1.54, 1.807) is 5.48 Å². The minimum Gasteiger partial charge on any atom is -0.266 e. The molecule has 1 amide bonds. The first-order valence-electron chi connectivity index (χ1n) is 5.03.